The average molecular weight is 316 g/mol. The number of benzene rings is 1. The highest BCUT2D eigenvalue weighted by molar-refractivity contribution is 9.10. The van der Waals surface area contributed by atoms with Gasteiger partial charge in [-0.15, -0.1) is 6.58 Å². The van der Waals surface area contributed by atoms with Crippen molar-refractivity contribution in [2.45, 2.75) is 0 Å². The predicted molar refractivity (Wildman–Crippen MR) is 69.8 cm³/mol. The van der Waals surface area contributed by atoms with Crippen LogP contribution in [0, 0.1) is 0 Å². The van der Waals surface area contributed by atoms with E-state index in [2.05, 4.69) is 22.5 Å². The highest BCUT2D eigenvalue weighted by Gasteiger charge is 2.34. The van der Waals surface area contributed by atoms with Gasteiger partial charge >= 0.3 is 0 Å². The van der Waals surface area contributed by atoms with Crippen molar-refractivity contribution in [2.75, 3.05) is 16.6 Å². The number of hydrogen-bond donors (Lipinski definition) is 0. The number of nitrogens with zero attached hydrogens (tertiary/aromatic N) is 1. The molecule has 0 unspecified atom stereocenters. The molecule has 1 heterocycles. The number of fused-ring (bicyclic) bond motifs is 1. The van der Waals surface area contributed by atoms with E-state index in [1.807, 2.05) is 0 Å². The van der Waals surface area contributed by atoms with Gasteiger partial charge in [-0.05, 0) is 18.2 Å². The summed E-state index contributed by atoms with van der Waals surface area (Å²) in [6.07, 6.45) is 1.50. The van der Waals surface area contributed by atoms with Gasteiger partial charge in [0.2, 0.25) is 10.0 Å². The third kappa shape index (κ3) is 2.14. The summed E-state index contributed by atoms with van der Waals surface area (Å²) in [6, 6.07) is 4.99. The number of carbonyl (C=O) groups is 1. The summed E-state index contributed by atoms with van der Waals surface area (Å²) >= 11 is 3.27. The molecule has 1 aromatic carbocycles. The molecule has 1 aliphatic rings. The van der Waals surface area contributed by atoms with Crippen molar-refractivity contribution < 1.29 is 13.2 Å². The van der Waals surface area contributed by atoms with Crippen molar-refractivity contribution in [3.63, 3.8) is 0 Å². The lowest BCUT2D eigenvalue weighted by atomic mass is 10.1. The molecule has 0 N–H and O–H groups in total. The van der Waals surface area contributed by atoms with Gasteiger partial charge in [0.15, 0.2) is 5.78 Å². The van der Waals surface area contributed by atoms with Crippen molar-refractivity contribution in [1.29, 1.82) is 0 Å². The van der Waals surface area contributed by atoms with E-state index in [0.717, 1.165) is 4.47 Å². The van der Waals surface area contributed by atoms with Crippen LogP contribution < -0.4 is 4.31 Å². The topological polar surface area (TPSA) is 54.5 Å². The number of halogens is 1. The van der Waals surface area contributed by atoms with Gasteiger partial charge < -0.3 is 0 Å². The van der Waals surface area contributed by atoms with E-state index < -0.39 is 15.8 Å². The van der Waals surface area contributed by atoms with Crippen LogP contribution >= 0.6 is 15.9 Å². The van der Waals surface area contributed by atoms with Gasteiger partial charge in [-0.3, -0.25) is 9.10 Å². The summed E-state index contributed by atoms with van der Waals surface area (Å²) in [5, 5.41) is 0. The van der Waals surface area contributed by atoms with Gasteiger partial charge in [-0.2, -0.15) is 0 Å². The van der Waals surface area contributed by atoms with Gasteiger partial charge in [0.1, 0.15) is 5.75 Å². The maximum Gasteiger partial charge on any atom is 0.243 e. The van der Waals surface area contributed by atoms with Crippen LogP contribution in [0.3, 0.4) is 0 Å². The Kier molecular flexibility index (Phi) is 3.09. The molecule has 0 saturated carbocycles. The van der Waals surface area contributed by atoms with Crippen LogP contribution in [0.15, 0.2) is 35.3 Å². The first kappa shape index (κ1) is 12.3. The third-order valence-corrected chi connectivity index (χ3v) is 4.61. The Morgan fingerprint density at radius 1 is 1.47 bits per heavy atom. The van der Waals surface area contributed by atoms with Crippen LogP contribution in [0.25, 0.3) is 0 Å². The summed E-state index contributed by atoms with van der Waals surface area (Å²) in [5.41, 5.74) is 0.848. The fraction of sp³-hybridized carbons (Fsp3) is 0.182. The predicted octanol–water partition coefficient (Wildman–Crippen LogP) is 1.97. The smallest absolute Gasteiger partial charge is 0.243 e. The van der Waals surface area contributed by atoms with Crippen LogP contribution in [0.1, 0.15) is 10.4 Å². The first-order valence-corrected chi connectivity index (χ1v) is 7.30. The molecule has 6 heteroatoms. The second-order valence-electron chi connectivity index (χ2n) is 3.66. The number of carbonyl (C=O) groups excluding carboxylic acids is 1. The van der Waals surface area contributed by atoms with E-state index in [0.29, 0.717) is 11.3 Å². The first-order chi connectivity index (χ1) is 7.95. The number of ketones is 1. The zero-order valence-electron chi connectivity index (χ0n) is 8.89. The molecule has 0 aromatic heterocycles. The van der Waals surface area contributed by atoms with Crippen LogP contribution in [-0.4, -0.2) is 26.5 Å². The molecular weight excluding hydrogens is 306 g/mol. The second-order valence-corrected chi connectivity index (χ2v) is 6.47. The van der Waals surface area contributed by atoms with E-state index >= 15 is 0 Å². The average Bonchev–Trinajstić information content (AvgIpc) is 2.23. The molecule has 0 saturated heterocycles. The van der Waals surface area contributed by atoms with Gasteiger partial charge in [-0.25, -0.2) is 8.42 Å². The monoisotopic (exact) mass is 315 g/mol. The zero-order valence-corrected chi connectivity index (χ0v) is 11.3. The minimum Gasteiger partial charge on any atom is -0.293 e. The highest BCUT2D eigenvalue weighted by Crippen LogP contribution is 2.31. The summed E-state index contributed by atoms with van der Waals surface area (Å²) in [7, 11) is -3.57. The molecule has 0 aliphatic carbocycles. The third-order valence-electron chi connectivity index (χ3n) is 2.47. The fourth-order valence-electron chi connectivity index (χ4n) is 1.75. The Bertz CT molecular complexity index is 595. The number of Topliss-reactive ketones (excluding diaryl/α,β-unsaturated/α-hetero) is 1. The van der Waals surface area contributed by atoms with Crippen LogP contribution in [0.2, 0.25) is 0 Å². The maximum atomic E-state index is 11.9. The quantitative estimate of drug-likeness (QED) is 0.784. The van der Waals surface area contributed by atoms with Crippen molar-refractivity contribution >= 4 is 37.4 Å². The van der Waals surface area contributed by atoms with E-state index in [9.17, 15) is 13.2 Å². The first-order valence-electron chi connectivity index (χ1n) is 4.90. The fourth-order valence-corrected chi connectivity index (χ4v) is 3.52. The van der Waals surface area contributed by atoms with E-state index in [1.165, 1.54) is 10.4 Å². The highest BCUT2D eigenvalue weighted by atomic mass is 79.9. The zero-order chi connectivity index (χ0) is 12.6. The van der Waals surface area contributed by atoms with Gasteiger partial charge in [0.25, 0.3) is 0 Å². The molecule has 0 fully saturated rings. The van der Waals surface area contributed by atoms with Gasteiger partial charge in [0, 0.05) is 10.0 Å². The van der Waals surface area contributed by atoms with Gasteiger partial charge in [-0.1, -0.05) is 22.0 Å². The number of hydrogen-bond acceptors (Lipinski definition) is 3. The molecular formula is C11H10BrNO3S. The summed E-state index contributed by atoms with van der Waals surface area (Å²) in [6.45, 7) is 3.70. The Morgan fingerprint density at radius 3 is 2.82 bits per heavy atom. The second kappa shape index (κ2) is 4.27. The summed E-state index contributed by atoms with van der Waals surface area (Å²) in [5.74, 6) is -0.844. The number of rotatable bonds is 2. The molecule has 0 spiro atoms. The molecule has 1 aromatic rings. The lowest BCUT2D eigenvalue weighted by molar-refractivity contribution is 0.102. The summed E-state index contributed by atoms with van der Waals surface area (Å²) < 4.78 is 25.7. The lowest BCUT2D eigenvalue weighted by Crippen LogP contribution is -2.40. The van der Waals surface area contributed by atoms with E-state index in [4.69, 9.17) is 0 Å². The molecule has 17 heavy (non-hydrogen) atoms. The van der Waals surface area contributed by atoms with Gasteiger partial charge in [0.05, 0.1) is 12.2 Å². The summed E-state index contributed by atoms with van der Waals surface area (Å²) in [4.78, 5) is 11.7. The standard InChI is InChI=1S/C11H10BrNO3S/c1-2-5-13-10-6-8(12)3-4-9(10)11(14)7-17(13,15)16/h2-4,6H,1,5,7H2. The minimum absolute atomic E-state index is 0.166. The van der Waals surface area contributed by atoms with Crippen LogP contribution in [0.5, 0.6) is 0 Å². The van der Waals surface area contributed by atoms with E-state index in [1.54, 1.807) is 18.2 Å². The van der Waals surface area contributed by atoms with Crippen LogP contribution in [0.4, 0.5) is 5.69 Å². The Balaban J connectivity index is 2.67. The van der Waals surface area contributed by atoms with Crippen molar-refractivity contribution in [3.8, 4) is 0 Å². The van der Waals surface area contributed by atoms with Crippen LogP contribution in [-0.2, 0) is 10.0 Å². The molecule has 90 valence electrons. The minimum atomic E-state index is -3.57. The van der Waals surface area contributed by atoms with Crippen molar-refractivity contribution in [3.05, 3.63) is 40.9 Å². The molecule has 0 radical (unpaired) electrons. The maximum absolute atomic E-state index is 11.9. The molecule has 2 rings (SSSR count). The largest absolute Gasteiger partial charge is 0.293 e. The molecule has 0 amide bonds. The molecule has 0 bridgehead atoms. The van der Waals surface area contributed by atoms with Crippen molar-refractivity contribution in [2.24, 2.45) is 0 Å². The SMILES string of the molecule is C=CCN1c2cc(Br)ccc2C(=O)CS1(=O)=O. The molecule has 1 aliphatic heterocycles. The number of sulfonamides is 1. The lowest BCUT2D eigenvalue weighted by Gasteiger charge is -2.29. The normalized spacial score (nSPS) is 17.7. The van der Waals surface area contributed by atoms with Crippen molar-refractivity contribution in [1.82, 2.24) is 0 Å². The molecule has 0 atom stereocenters. The Morgan fingerprint density at radius 2 is 2.18 bits per heavy atom. The molecule has 4 nitrogen and oxygen atoms in total. The number of anilines is 1. The Hall–Kier alpha value is -1.14. The van der Waals surface area contributed by atoms with E-state index in [-0.39, 0.29) is 12.3 Å². The Labute approximate surface area is 108 Å².